The molecule has 0 saturated heterocycles. The number of carbonyl (C=O) groups excluding carboxylic acids is 1. The first-order chi connectivity index (χ1) is 9.74. The first kappa shape index (κ1) is 14.3. The van der Waals surface area contributed by atoms with Gasteiger partial charge in [-0.05, 0) is 29.5 Å². The predicted molar refractivity (Wildman–Crippen MR) is 81.4 cm³/mol. The normalized spacial score (nSPS) is 11.9. The van der Waals surface area contributed by atoms with E-state index in [1.165, 1.54) is 23.8 Å². The Bertz CT molecular complexity index is 543. The molecule has 0 bridgehead atoms. The van der Waals surface area contributed by atoms with Crippen molar-refractivity contribution in [3.05, 3.63) is 60.2 Å². The lowest BCUT2D eigenvalue weighted by atomic mass is 9.95. The van der Waals surface area contributed by atoms with Gasteiger partial charge in [-0.25, -0.2) is 0 Å². The van der Waals surface area contributed by atoms with E-state index >= 15 is 0 Å². The van der Waals surface area contributed by atoms with E-state index in [9.17, 15) is 4.79 Å². The number of methoxy groups -OCH3 is 1. The van der Waals surface area contributed by atoms with Crippen molar-refractivity contribution in [2.75, 3.05) is 7.11 Å². The highest BCUT2D eigenvalue weighted by Crippen LogP contribution is 2.21. The second-order valence-electron chi connectivity index (χ2n) is 4.90. The van der Waals surface area contributed by atoms with Crippen molar-refractivity contribution in [1.82, 2.24) is 0 Å². The first-order valence-electron chi connectivity index (χ1n) is 6.96. The van der Waals surface area contributed by atoms with Crippen molar-refractivity contribution in [2.45, 2.75) is 19.8 Å². The van der Waals surface area contributed by atoms with Gasteiger partial charge in [-0.2, -0.15) is 0 Å². The molecular weight excluding hydrogens is 248 g/mol. The minimum atomic E-state index is -0.125. The third-order valence-electron chi connectivity index (χ3n) is 3.57. The SMILES string of the molecule is CCC(Cc1ccc(-c2ccccc2)cc1)C(=O)OC. The van der Waals surface area contributed by atoms with Crippen molar-refractivity contribution >= 4 is 5.97 Å². The average Bonchev–Trinajstić information content (AvgIpc) is 2.53. The Kier molecular flexibility index (Phi) is 4.94. The lowest BCUT2D eigenvalue weighted by Crippen LogP contribution is -2.17. The van der Waals surface area contributed by atoms with Crippen molar-refractivity contribution < 1.29 is 9.53 Å². The molecule has 0 aliphatic heterocycles. The van der Waals surface area contributed by atoms with Gasteiger partial charge in [0, 0.05) is 0 Å². The van der Waals surface area contributed by atoms with Crippen molar-refractivity contribution in [3.63, 3.8) is 0 Å². The van der Waals surface area contributed by atoms with Crippen LogP contribution in [0.25, 0.3) is 11.1 Å². The molecule has 0 amide bonds. The van der Waals surface area contributed by atoms with Crippen LogP contribution in [0.3, 0.4) is 0 Å². The van der Waals surface area contributed by atoms with Crippen LogP contribution in [0.5, 0.6) is 0 Å². The zero-order chi connectivity index (χ0) is 14.4. The molecule has 0 saturated carbocycles. The molecule has 0 fully saturated rings. The fourth-order valence-electron chi connectivity index (χ4n) is 2.31. The summed E-state index contributed by atoms with van der Waals surface area (Å²) in [6.07, 6.45) is 1.53. The maximum Gasteiger partial charge on any atom is 0.308 e. The Balaban J connectivity index is 2.10. The Morgan fingerprint density at radius 1 is 1.00 bits per heavy atom. The molecule has 0 aromatic heterocycles. The van der Waals surface area contributed by atoms with Gasteiger partial charge in [-0.15, -0.1) is 0 Å². The number of benzene rings is 2. The lowest BCUT2D eigenvalue weighted by Gasteiger charge is -2.12. The van der Waals surface area contributed by atoms with Gasteiger partial charge in [0.15, 0.2) is 0 Å². The zero-order valence-electron chi connectivity index (χ0n) is 12.0. The van der Waals surface area contributed by atoms with Crippen molar-refractivity contribution in [2.24, 2.45) is 5.92 Å². The number of rotatable bonds is 5. The van der Waals surface area contributed by atoms with Crippen molar-refractivity contribution in [3.8, 4) is 11.1 Å². The van der Waals surface area contributed by atoms with E-state index in [2.05, 4.69) is 36.4 Å². The van der Waals surface area contributed by atoms with Crippen LogP contribution >= 0.6 is 0 Å². The Morgan fingerprint density at radius 2 is 1.60 bits per heavy atom. The molecule has 0 aliphatic carbocycles. The molecule has 0 aliphatic rings. The molecule has 1 atom stereocenters. The molecule has 104 valence electrons. The summed E-state index contributed by atoms with van der Waals surface area (Å²) < 4.78 is 4.83. The van der Waals surface area contributed by atoms with E-state index in [1.807, 2.05) is 25.1 Å². The van der Waals surface area contributed by atoms with E-state index in [0.29, 0.717) is 0 Å². The zero-order valence-corrected chi connectivity index (χ0v) is 12.0. The van der Waals surface area contributed by atoms with Crippen LogP contribution in [-0.2, 0) is 16.0 Å². The maximum absolute atomic E-state index is 11.6. The van der Waals surface area contributed by atoms with E-state index in [0.717, 1.165) is 12.8 Å². The van der Waals surface area contributed by atoms with Gasteiger partial charge >= 0.3 is 5.97 Å². The number of hydrogen-bond acceptors (Lipinski definition) is 2. The van der Waals surface area contributed by atoms with E-state index in [4.69, 9.17) is 4.74 Å². The summed E-state index contributed by atoms with van der Waals surface area (Å²) in [4.78, 5) is 11.6. The molecule has 2 nitrogen and oxygen atoms in total. The summed E-state index contributed by atoms with van der Waals surface area (Å²) in [6, 6.07) is 18.7. The highest BCUT2D eigenvalue weighted by atomic mass is 16.5. The second kappa shape index (κ2) is 6.90. The molecule has 0 heterocycles. The van der Waals surface area contributed by atoms with Gasteiger partial charge < -0.3 is 4.74 Å². The largest absolute Gasteiger partial charge is 0.469 e. The summed E-state index contributed by atoms with van der Waals surface area (Å²) in [6.45, 7) is 2.01. The first-order valence-corrected chi connectivity index (χ1v) is 6.96. The highest BCUT2D eigenvalue weighted by Gasteiger charge is 2.17. The third-order valence-corrected chi connectivity index (χ3v) is 3.57. The maximum atomic E-state index is 11.6. The molecule has 1 unspecified atom stereocenters. The van der Waals surface area contributed by atoms with Crippen LogP contribution in [0.2, 0.25) is 0 Å². The minimum absolute atomic E-state index is 0.0532. The average molecular weight is 268 g/mol. The highest BCUT2D eigenvalue weighted by molar-refractivity contribution is 5.72. The number of esters is 1. The summed E-state index contributed by atoms with van der Waals surface area (Å²) in [5.74, 6) is -0.179. The standard InChI is InChI=1S/C18H20O2/c1-3-15(18(19)20-2)13-14-9-11-17(12-10-14)16-7-5-4-6-8-16/h4-12,15H,3,13H2,1-2H3. The summed E-state index contributed by atoms with van der Waals surface area (Å²) in [5.41, 5.74) is 3.57. The fourth-order valence-corrected chi connectivity index (χ4v) is 2.31. The van der Waals surface area contributed by atoms with E-state index < -0.39 is 0 Å². The van der Waals surface area contributed by atoms with Crippen molar-refractivity contribution in [1.29, 1.82) is 0 Å². The molecule has 20 heavy (non-hydrogen) atoms. The Labute approximate surface area is 120 Å². The monoisotopic (exact) mass is 268 g/mol. The lowest BCUT2D eigenvalue weighted by molar-refractivity contribution is -0.145. The molecular formula is C18H20O2. The Hall–Kier alpha value is -2.09. The van der Waals surface area contributed by atoms with Crippen LogP contribution in [0.15, 0.2) is 54.6 Å². The molecule has 2 heteroatoms. The molecule has 0 N–H and O–H groups in total. The Morgan fingerprint density at radius 3 is 2.15 bits per heavy atom. The van der Waals surface area contributed by atoms with Crippen LogP contribution in [0.4, 0.5) is 0 Å². The van der Waals surface area contributed by atoms with Gasteiger partial charge in [-0.1, -0.05) is 61.5 Å². The minimum Gasteiger partial charge on any atom is -0.469 e. The van der Waals surface area contributed by atoms with Gasteiger partial charge in [0.25, 0.3) is 0 Å². The third kappa shape index (κ3) is 3.47. The molecule has 2 aromatic rings. The van der Waals surface area contributed by atoms with Crippen LogP contribution in [0, 0.1) is 5.92 Å². The van der Waals surface area contributed by atoms with Gasteiger partial charge in [0.2, 0.25) is 0 Å². The van der Waals surface area contributed by atoms with Gasteiger partial charge in [0.05, 0.1) is 13.0 Å². The number of ether oxygens (including phenoxy) is 1. The van der Waals surface area contributed by atoms with E-state index in [-0.39, 0.29) is 11.9 Å². The summed E-state index contributed by atoms with van der Waals surface area (Å²) in [7, 11) is 1.45. The van der Waals surface area contributed by atoms with Crippen LogP contribution in [0.1, 0.15) is 18.9 Å². The van der Waals surface area contributed by atoms with Gasteiger partial charge in [0.1, 0.15) is 0 Å². The topological polar surface area (TPSA) is 26.3 Å². The number of carbonyl (C=O) groups is 1. The van der Waals surface area contributed by atoms with Crippen LogP contribution in [-0.4, -0.2) is 13.1 Å². The van der Waals surface area contributed by atoms with E-state index in [1.54, 1.807) is 0 Å². The smallest absolute Gasteiger partial charge is 0.308 e. The number of hydrogen-bond donors (Lipinski definition) is 0. The van der Waals surface area contributed by atoms with Gasteiger partial charge in [-0.3, -0.25) is 4.79 Å². The second-order valence-corrected chi connectivity index (χ2v) is 4.90. The molecule has 2 rings (SSSR count). The molecule has 0 radical (unpaired) electrons. The molecule has 0 spiro atoms. The van der Waals surface area contributed by atoms with Crippen LogP contribution < -0.4 is 0 Å². The fraction of sp³-hybridized carbons (Fsp3) is 0.278. The summed E-state index contributed by atoms with van der Waals surface area (Å²) in [5, 5.41) is 0. The quantitative estimate of drug-likeness (QED) is 0.763. The predicted octanol–water partition coefficient (Wildman–Crippen LogP) is 4.10. The molecule has 2 aromatic carbocycles. The summed E-state index contributed by atoms with van der Waals surface area (Å²) >= 11 is 0.